The quantitative estimate of drug-likeness (QED) is 0.780. The zero-order valence-electron chi connectivity index (χ0n) is 10.5. The third-order valence-corrected chi connectivity index (χ3v) is 2.97. The Morgan fingerprint density at radius 1 is 1.30 bits per heavy atom. The molecule has 0 spiro atoms. The Labute approximate surface area is 113 Å². The molecule has 1 aromatic carbocycles. The topological polar surface area (TPSA) is 29.5 Å². The standard InChI is InChI=1S/C13H13F4NO2/c14-11(15)13(16,17)7-9-2-1-3-10(6-9)8-18-4-5-20-12(18)19/h1-3,6,11H,4-5,7-8H2. The number of carbonyl (C=O) groups is 1. The first-order chi connectivity index (χ1) is 9.38. The predicted octanol–water partition coefficient (Wildman–Crippen LogP) is 3.08. The Balaban J connectivity index is 2.06. The van der Waals surface area contributed by atoms with E-state index in [1.54, 1.807) is 6.07 Å². The number of hydrogen-bond acceptors (Lipinski definition) is 2. The number of alkyl halides is 4. The van der Waals surface area contributed by atoms with E-state index in [4.69, 9.17) is 4.74 Å². The number of rotatable bonds is 5. The van der Waals surface area contributed by atoms with E-state index in [2.05, 4.69) is 0 Å². The van der Waals surface area contributed by atoms with Gasteiger partial charge in [-0.05, 0) is 11.1 Å². The van der Waals surface area contributed by atoms with Gasteiger partial charge in [0.1, 0.15) is 6.61 Å². The summed E-state index contributed by atoms with van der Waals surface area (Å²) >= 11 is 0. The lowest BCUT2D eigenvalue weighted by molar-refractivity contribution is -0.127. The van der Waals surface area contributed by atoms with E-state index in [1.807, 2.05) is 0 Å². The third kappa shape index (κ3) is 3.40. The molecule has 20 heavy (non-hydrogen) atoms. The highest BCUT2D eigenvalue weighted by molar-refractivity contribution is 5.69. The third-order valence-electron chi connectivity index (χ3n) is 2.97. The Hall–Kier alpha value is -1.79. The molecule has 0 aliphatic carbocycles. The molecule has 1 aliphatic heterocycles. The first kappa shape index (κ1) is 14.6. The minimum atomic E-state index is -4.05. The molecule has 0 unspecified atom stereocenters. The van der Waals surface area contributed by atoms with Crippen molar-refractivity contribution in [3.63, 3.8) is 0 Å². The van der Waals surface area contributed by atoms with E-state index in [0.717, 1.165) is 0 Å². The van der Waals surface area contributed by atoms with Crippen LogP contribution in [0.2, 0.25) is 0 Å². The van der Waals surface area contributed by atoms with Crippen LogP contribution in [-0.4, -0.2) is 36.5 Å². The monoisotopic (exact) mass is 291 g/mol. The summed E-state index contributed by atoms with van der Waals surface area (Å²) in [6.45, 7) is 0.936. The van der Waals surface area contributed by atoms with Crippen molar-refractivity contribution in [2.24, 2.45) is 0 Å². The zero-order chi connectivity index (χ0) is 14.8. The summed E-state index contributed by atoms with van der Waals surface area (Å²) in [5, 5.41) is 0. The van der Waals surface area contributed by atoms with Crippen LogP contribution in [0.15, 0.2) is 24.3 Å². The number of halogens is 4. The number of cyclic esters (lactones) is 1. The summed E-state index contributed by atoms with van der Waals surface area (Å²) in [4.78, 5) is 12.7. The fourth-order valence-corrected chi connectivity index (χ4v) is 1.98. The van der Waals surface area contributed by atoms with Gasteiger partial charge in [0.15, 0.2) is 0 Å². The summed E-state index contributed by atoms with van der Waals surface area (Å²) < 4.78 is 55.1. The lowest BCUT2D eigenvalue weighted by Crippen LogP contribution is -2.29. The maximum atomic E-state index is 13.0. The van der Waals surface area contributed by atoms with E-state index in [-0.39, 0.29) is 12.1 Å². The van der Waals surface area contributed by atoms with Crippen LogP contribution in [-0.2, 0) is 17.7 Å². The van der Waals surface area contributed by atoms with E-state index < -0.39 is 24.9 Å². The highest BCUT2D eigenvalue weighted by atomic mass is 19.3. The molecule has 1 aliphatic rings. The second-order valence-electron chi connectivity index (χ2n) is 4.59. The van der Waals surface area contributed by atoms with Crippen LogP contribution in [0.1, 0.15) is 11.1 Å². The Morgan fingerprint density at radius 3 is 2.60 bits per heavy atom. The van der Waals surface area contributed by atoms with E-state index >= 15 is 0 Å². The van der Waals surface area contributed by atoms with Crippen LogP contribution < -0.4 is 0 Å². The van der Waals surface area contributed by atoms with Crippen LogP contribution >= 0.6 is 0 Å². The molecule has 2 rings (SSSR count). The zero-order valence-corrected chi connectivity index (χ0v) is 10.5. The van der Waals surface area contributed by atoms with Crippen LogP contribution in [0.4, 0.5) is 22.4 Å². The van der Waals surface area contributed by atoms with Crippen molar-refractivity contribution in [3.05, 3.63) is 35.4 Å². The molecule has 3 nitrogen and oxygen atoms in total. The van der Waals surface area contributed by atoms with E-state index in [1.165, 1.54) is 23.1 Å². The first-order valence-corrected chi connectivity index (χ1v) is 6.04. The predicted molar refractivity (Wildman–Crippen MR) is 62.9 cm³/mol. The molecule has 0 N–H and O–H groups in total. The minimum absolute atomic E-state index is 0.111. The van der Waals surface area contributed by atoms with Crippen molar-refractivity contribution >= 4 is 6.09 Å². The molecule has 0 atom stereocenters. The molecule has 0 bridgehead atoms. The van der Waals surface area contributed by atoms with E-state index in [0.29, 0.717) is 18.7 Å². The molecule has 1 heterocycles. The van der Waals surface area contributed by atoms with Gasteiger partial charge in [-0.2, -0.15) is 8.78 Å². The van der Waals surface area contributed by atoms with Crippen molar-refractivity contribution in [1.29, 1.82) is 0 Å². The van der Waals surface area contributed by atoms with Crippen LogP contribution in [0, 0.1) is 0 Å². The van der Waals surface area contributed by atoms with Gasteiger partial charge in [0, 0.05) is 13.0 Å². The second kappa shape index (κ2) is 5.68. The van der Waals surface area contributed by atoms with Gasteiger partial charge in [-0.3, -0.25) is 0 Å². The Kier molecular flexibility index (Phi) is 4.15. The molecule has 1 amide bonds. The fraction of sp³-hybridized carbons (Fsp3) is 0.462. The fourth-order valence-electron chi connectivity index (χ4n) is 1.98. The molecule has 1 fully saturated rings. The van der Waals surface area contributed by atoms with Gasteiger partial charge in [-0.1, -0.05) is 24.3 Å². The average molecular weight is 291 g/mol. The Morgan fingerprint density at radius 2 is 2.00 bits per heavy atom. The largest absolute Gasteiger partial charge is 0.448 e. The van der Waals surface area contributed by atoms with Crippen molar-refractivity contribution in [2.45, 2.75) is 25.3 Å². The van der Waals surface area contributed by atoms with Crippen LogP contribution in [0.5, 0.6) is 0 Å². The molecule has 110 valence electrons. The van der Waals surface area contributed by atoms with Crippen LogP contribution in [0.3, 0.4) is 0 Å². The van der Waals surface area contributed by atoms with Gasteiger partial charge in [-0.15, -0.1) is 0 Å². The lowest BCUT2D eigenvalue weighted by atomic mass is 10.0. The summed E-state index contributed by atoms with van der Waals surface area (Å²) in [7, 11) is 0. The van der Waals surface area contributed by atoms with Gasteiger partial charge in [-0.25, -0.2) is 13.6 Å². The molecular weight excluding hydrogens is 278 g/mol. The van der Waals surface area contributed by atoms with Crippen molar-refractivity contribution in [1.82, 2.24) is 4.90 Å². The van der Waals surface area contributed by atoms with Crippen molar-refractivity contribution in [3.8, 4) is 0 Å². The van der Waals surface area contributed by atoms with Gasteiger partial charge in [0.05, 0.1) is 6.54 Å². The normalized spacial score (nSPS) is 15.8. The molecule has 0 aromatic heterocycles. The molecule has 7 heteroatoms. The van der Waals surface area contributed by atoms with Gasteiger partial charge < -0.3 is 9.64 Å². The minimum Gasteiger partial charge on any atom is -0.448 e. The van der Waals surface area contributed by atoms with Crippen molar-refractivity contribution < 1.29 is 27.1 Å². The maximum Gasteiger partial charge on any atom is 0.410 e. The summed E-state index contributed by atoms with van der Waals surface area (Å²) in [5.74, 6) is -4.05. The summed E-state index contributed by atoms with van der Waals surface area (Å²) in [6.07, 6.45) is -5.18. The molecule has 1 saturated heterocycles. The molecule has 0 radical (unpaired) electrons. The number of carbonyl (C=O) groups excluding carboxylic acids is 1. The van der Waals surface area contributed by atoms with Crippen LogP contribution in [0.25, 0.3) is 0 Å². The SMILES string of the molecule is O=C1OCCN1Cc1cccc(CC(F)(F)C(F)F)c1. The number of amides is 1. The van der Waals surface area contributed by atoms with E-state index in [9.17, 15) is 22.4 Å². The molecular formula is C13H13F4NO2. The molecule has 0 saturated carbocycles. The van der Waals surface area contributed by atoms with Gasteiger partial charge >= 0.3 is 18.4 Å². The lowest BCUT2D eigenvalue weighted by Gasteiger charge is -2.17. The van der Waals surface area contributed by atoms with Crippen molar-refractivity contribution in [2.75, 3.05) is 13.2 Å². The van der Waals surface area contributed by atoms with Gasteiger partial charge in [0.2, 0.25) is 0 Å². The smallest absolute Gasteiger partial charge is 0.410 e. The second-order valence-corrected chi connectivity index (χ2v) is 4.59. The molecule has 1 aromatic rings. The first-order valence-electron chi connectivity index (χ1n) is 6.04. The highest BCUT2D eigenvalue weighted by Crippen LogP contribution is 2.27. The summed E-state index contributed by atoms with van der Waals surface area (Å²) in [5.41, 5.74) is 0.715. The highest BCUT2D eigenvalue weighted by Gasteiger charge is 2.40. The summed E-state index contributed by atoms with van der Waals surface area (Å²) in [6, 6.07) is 5.92. The van der Waals surface area contributed by atoms with Gasteiger partial charge in [0.25, 0.3) is 0 Å². The average Bonchev–Trinajstić information content (AvgIpc) is 2.75. The number of benzene rings is 1. The number of hydrogen-bond donors (Lipinski definition) is 0. The maximum absolute atomic E-state index is 13.0. The number of nitrogens with zero attached hydrogens (tertiary/aromatic N) is 1. The Bertz CT molecular complexity index is 493. The number of ether oxygens (including phenoxy) is 1.